The molecule has 1 heterocycles. The Bertz CT molecular complexity index is 340. The maximum atomic E-state index is 13.5. The average Bonchev–Trinajstić information content (AvgIpc) is 2.19. The van der Waals surface area contributed by atoms with Crippen LogP contribution in [0.3, 0.4) is 0 Å². The van der Waals surface area contributed by atoms with Crippen LogP contribution in [-0.2, 0) is 0 Å². The molecular weight excluding hydrogens is 218 g/mol. The molecule has 15 heavy (non-hydrogen) atoms. The van der Waals surface area contributed by atoms with Crippen molar-refractivity contribution in [3.8, 4) is 0 Å². The molecule has 1 aliphatic rings. The van der Waals surface area contributed by atoms with Gasteiger partial charge < -0.3 is 10.6 Å². The van der Waals surface area contributed by atoms with Crippen molar-refractivity contribution in [3.63, 3.8) is 0 Å². The largest absolute Gasteiger partial charge is 0.399 e. The van der Waals surface area contributed by atoms with Gasteiger partial charge in [0.25, 0.3) is 0 Å². The minimum Gasteiger partial charge on any atom is -0.399 e. The van der Waals surface area contributed by atoms with Crippen molar-refractivity contribution in [2.24, 2.45) is 0 Å². The van der Waals surface area contributed by atoms with Gasteiger partial charge in [-0.25, -0.2) is 0 Å². The second kappa shape index (κ2) is 3.89. The van der Waals surface area contributed by atoms with Crippen molar-refractivity contribution in [2.75, 3.05) is 28.7 Å². The number of nitrogens with zero attached hydrogens (tertiary/aromatic N) is 1. The number of nitrogens with two attached hydrogens (primary N) is 1. The van der Waals surface area contributed by atoms with E-state index < -0.39 is 6.05 Å². The van der Waals surface area contributed by atoms with Crippen molar-refractivity contribution in [3.05, 3.63) is 24.3 Å². The van der Waals surface area contributed by atoms with E-state index in [9.17, 15) is 8.78 Å². The number of halogens is 2. The molecule has 1 aromatic rings. The Kier molecular flexibility index (Phi) is 2.73. The first-order valence-electron chi connectivity index (χ1n) is 4.68. The third-order valence-electron chi connectivity index (χ3n) is 2.33. The maximum absolute atomic E-state index is 13.5. The van der Waals surface area contributed by atoms with Crippen LogP contribution < -0.4 is 10.6 Å². The summed E-state index contributed by atoms with van der Waals surface area (Å²) < 4.78 is 27.1. The second-order valence-corrected chi connectivity index (χ2v) is 4.57. The van der Waals surface area contributed by atoms with Gasteiger partial charge in [-0.15, -0.1) is 0 Å². The highest BCUT2D eigenvalue weighted by Gasteiger charge is 2.39. The first-order chi connectivity index (χ1) is 7.09. The predicted molar refractivity (Wildman–Crippen MR) is 60.5 cm³/mol. The molecule has 1 aliphatic heterocycles. The number of thioether (sulfide) groups is 1. The molecular formula is C10H12F2N2S. The summed E-state index contributed by atoms with van der Waals surface area (Å²) in [6, 6.07) is 3.82. The molecule has 1 aromatic carbocycles. The van der Waals surface area contributed by atoms with Crippen LogP contribution in [0.5, 0.6) is 0 Å². The molecule has 2 rings (SSSR count). The number of alkyl halides is 2. The van der Waals surface area contributed by atoms with E-state index in [1.165, 1.54) is 11.8 Å². The summed E-state index contributed by atoms with van der Waals surface area (Å²) >= 11 is 1.29. The molecule has 0 atom stereocenters. The van der Waals surface area contributed by atoms with Gasteiger partial charge in [-0.3, -0.25) is 0 Å². The molecule has 0 aliphatic carbocycles. The number of hydrogen-bond acceptors (Lipinski definition) is 3. The summed E-state index contributed by atoms with van der Waals surface area (Å²) in [6.45, 7) is 0.377. The molecule has 0 amide bonds. The highest BCUT2D eigenvalue weighted by Crippen LogP contribution is 2.34. The number of hydrogen-bond donors (Lipinski definition) is 1. The minimum absolute atomic E-state index is 0.141. The van der Waals surface area contributed by atoms with Crippen LogP contribution >= 0.6 is 11.8 Å². The first-order valence-corrected chi connectivity index (χ1v) is 5.84. The summed E-state index contributed by atoms with van der Waals surface area (Å²) in [6.07, 6.45) is 0. The van der Waals surface area contributed by atoms with E-state index in [0.717, 1.165) is 10.7 Å². The van der Waals surface area contributed by atoms with Gasteiger partial charge in [0.15, 0.2) is 0 Å². The molecule has 2 nitrogen and oxygen atoms in total. The number of anilines is 2. The van der Waals surface area contributed by atoms with Gasteiger partial charge >= 0.3 is 6.05 Å². The molecule has 0 unspecified atom stereocenters. The molecule has 2 N–H and O–H groups in total. The summed E-state index contributed by atoms with van der Waals surface area (Å²) in [4.78, 5) is 1.14. The third kappa shape index (κ3) is 2.17. The van der Waals surface area contributed by atoms with Gasteiger partial charge in [-0.2, -0.15) is 20.5 Å². The molecule has 1 saturated heterocycles. The SMILES string of the molecule is Nc1ccc(N2CCSCC2(F)F)cc1. The monoisotopic (exact) mass is 230 g/mol. The topological polar surface area (TPSA) is 29.3 Å². The lowest BCUT2D eigenvalue weighted by Gasteiger charge is -2.36. The standard InChI is InChI=1S/C10H12F2N2S/c11-10(12)7-15-6-5-14(10)9-3-1-8(13)2-4-9/h1-4H,5-7,13H2. The smallest absolute Gasteiger partial charge is 0.334 e. The van der Waals surface area contributed by atoms with Crippen LogP contribution in [0.15, 0.2) is 24.3 Å². The Hall–Kier alpha value is -0.970. The Labute approximate surface area is 91.4 Å². The first kappa shape index (κ1) is 10.5. The van der Waals surface area contributed by atoms with E-state index in [2.05, 4.69) is 0 Å². The normalized spacial score (nSPS) is 20.3. The summed E-state index contributed by atoms with van der Waals surface area (Å²) in [5, 5.41) is 0. The quantitative estimate of drug-likeness (QED) is 0.593. The van der Waals surface area contributed by atoms with E-state index in [0.29, 0.717) is 17.9 Å². The van der Waals surface area contributed by atoms with Gasteiger partial charge in [-0.05, 0) is 24.3 Å². The molecule has 5 heteroatoms. The van der Waals surface area contributed by atoms with Gasteiger partial charge in [0.1, 0.15) is 0 Å². The van der Waals surface area contributed by atoms with Crippen LogP contribution in [-0.4, -0.2) is 24.1 Å². The Morgan fingerprint density at radius 3 is 2.53 bits per heavy atom. The molecule has 0 aromatic heterocycles. The predicted octanol–water partition coefficient (Wildman–Crippen LogP) is 2.41. The fourth-order valence-corrected chi connectivity index (χ4v) is 2.42. The zero-order valence-electron chi connectivity index (χ0n) is 8.12. The van der Waals surface area contributed by atoms with E-state index in [1.54, 1.807) is 24.3 Å². The lowest BCUT2D eigenvalue weighted by molar-refractivity contribution is 0.0222. The Balaban J connectivity index is 2.25. The average molecular weight is 230 g/mol. The summed E-state index contributed by atoms with van der Waals surface area (Å²) in [5.74, 6) is 0.595. The number of nitrogen functional groups attached to an aromatic ring is 1. The fourth-order valence-electron chi connectivity index (χ4n) is 1.56. The van der Waals surface area contributed by atoms with E-state index in [4.69, 9.17) is 5.73 Å². The van der Waals surface area contributed by atoms with Gasteiger partial charge in [-0.1, -0.05) is 0 Å². The highest BCUT2D eigenvalue weighted by molar-refractivity contribution is 7.99. The lowest BCUT2D eigenvalue weighted by Crippen LogP contribution is -2.48. The maximum Gasteiger partial charge on any atom is 0.334 e. The number of benzene rings is 1. The zero-order chi connectivity index (χ0) is 10.9. The summed E-state index contributed by atoms with van der Waals surface area (Å²) in [7, 11) is 0. The van der Waals surface area contributed by atoms with Gasteiger partial charge in [0, 0.05) is 23.7 Å². The van der Waals surface area contributed by atoms with Crippen LogP contribution in [0, 0.1) is 0 Å². The van der Waals surface area contributed by atoms with E-state index in [-0.39, 0.29) is 5.75 Å². The van der Waals surface area contributed by atoms with Crippen LogP contribution in [0.4, 0.5) is 20.2 Å². The van der Waals surface area contributed by atoms with Crippen LogP contribution in [0.1, 0.15) is 0 Å². The molecule has 0 bridgehead atoms. The van der Waals surface area contributed by atoms with Crippen molar-refractivity contribution in [2.45, 2.75) is 6.05 Å². The zero-order valence-corrected chi connectivity index (χ0v) is 8.94. The second-order valence-electron chi connectivity index (χ2n) is 3.46. The van der Waals surface area contributed by atoms with Crippen molar-refractivity contribution in [1.29, 1.82) is 0 Å². The van der Waals surface area contributed by atoms with Crippen molar-refractivity contribution >= 4 is 23.1 Å². The van der Waals surface area contributed by atoms with Gasteiger partial charge in [0.05, 0.1) is 5.75 Å². The van der Waals surface area contributed by atoms with E-state index >= 15 is 0 Å². The third-order valence-corrected chi connectivity index (χ3v) is 3.36. The van der Waals surface area contributed by atoms with Crippen LogP contribution in [0.2, 0.25) is 0 Å². The fraction of sp³-hybridized carbons (Fsp3) is 0.400. The van der Waals surface area contributed by atoms with Crippen molar-refractivity contribution < 1.29 is 8.78 Å². The Morgan fingerprint density at radius 1 is 1.27 bits per heavy atom. The summed E-state index contributed by atoms with van der Waals surface area (Å²) in [5.41, 5.74) is 6.64. The number of rotatable bonds is 1. The molecule has 0 spiro atoms. The van der Waals surface area contributed by atoms with Crippen LogP contribution in [0.25, 0.3) is 0 Å². The lowest BCUT2D eigenvalue weighted by atomic mass is 10.2. The minimum atomic E-state index is -2.75. The van der Waals surface area contributed by atoms with Crippen molar-refractivity contribution in [1.82, 2.24) is 0 Å². The molecule has 0 saturated carbocycles. The van der Waals surface area contributed by atoms with E-state index in [1.807, 2.05) is 0 Å². The molecule has 82 valence electrons. The molecule has 0 radical (unpaired) electrons. The Morgan fingerprint density at radius 2 is 1.93 bits per heavy atom. The van der Waals surface area contributed by atoms with Gasteiger partial charge in [0.2, 0.25) is 0 Å². The highest BCUT2D eigenvalue weighted by atomic mass is 32.2. The molecule has 1 fully saturated rings.